The standard InChI is InChI=1S/C26H31N5O5/c1-17(2)36-15-7-14-30-25(33)19-8-5-6-9-20(19)31-23(28-29-26(30)31)12-13-24(32)27-18-10-11-21(34-3)22(16-18)35-4/h5-6,8-11,16-17H,7,12-15H2,1-4H3,(H,27,32). The van der Waals surface area contributed by atoms with Crippen LogP contribution in [0.5, 0.6) is 11.5 Å². The zero-order valence-corrected chi connectivity index (χ0v) is 21.0. The molecule has 0 saturated heterocycles. The van der Waals surface area contributed by atoms with E-state index in [1.54, 1.807) is 43.1 Å². The Morgan fingerprint density at radius 2 is 1.83 bits per heavy atom. The summed E-state index contributed by atoms with van der Waals surface area (Å²) in [5.41, 5.74) is 1.20. The maximum atomic E-state index is 13.2. The van der Waals surface area contributed by atoms with Crippen LogP contribution in [-0.2, 0) is 22.5 Å². The van der Waals surface area contributed by atoms with Gasteiger partial charge in [0.2, 0.25) is 11.7 Å². The Kier molecular flexibility index (Phi) is 7.84. The number of hydrogen-bond donors (Lipinski definition) is 1. The van der Waals surface area contributed by atoms with Crippen molar-refractivity contribution in [2.75, 3.05) is 26.1 Å². The van der Waals surface area contributed by atoms with Gasteiger partial charge in [0.25, 0.3) is 5.56 Å². The smallest absolute Gasteiger partial charge is 0.262 e. The minimum absolute atomic E-state index is 0.118. The molecule has 36 heavy (non-hydrogen) atoms. The Morgan fingerprint density at radius 1 is 1.06 bits per heavy atom. The molecule has 2 aromatic carbocycles. The fourth-order valence-electron chi connectivity index (χ4n) is 4.08. The van der Waals surface area contributed by atoms with E-state index in [1.165, 1.54) is 0 Å². The van der Waals surface area contributed by atoms with Crippen molar-refractivity contribution in [1.29, 1.82) is 0 Å². The van der Waals surface area contributed by atoms with Gasteiger partial charge in [0.1, 0.15) is 5.82 Å². The van der Waals surface area contributed by atoms with Gasteiger partial charge in [-0.15, -0.1) is 10.2 Å². The van der Waals surface area contributed by atoms with Crippen LogP contribution in [0.1, 0.15) is 32.5 Å². The Morgan fingerprint density at radius 3 is 2.58 bits per heavy atom. The van der Waals surface area contributed by atoms with Crippen LogP contribution in [0.3, 0.4) is 0 Å². The Bertz CT molecular complexity index is 1430. The first-order valence-electron chi connectivity index (χ1n) is 11.9. The van der Waals surface area contributed by atoms with Gasteiger partial charge in [0, 0.05) is 37.7 Å². The number of carbonyl (C=O) groups excluding carboxylic acids is 1. The predicted octanol–water partition coefficient (Wildman–Crippen LogP) is 3.45. The van der Waals surface area contributed by atoms with E-state index >= 15 is 0 Å². The molecule has 0 spiro atoms. The molecule has 1 N–H and O–H groups in total. The first-order valence-corrected chi connectivity index (χ1v) is 11.9. The third-order valence-corrected chi connectivity index (χ3v) is 5.80. The normalized spacial score (nSPS) is 11.4. The summed E-state index contributed by atoms with van der Waals surface area (Å²) in [5, 5.41) is 12.1. The largest absolute Gasteiger partial charge is 0.493 e. The zero-order valence-electron chi connectivity index (χ0n) is 21.0. The second kappa shape index (κ2) is 11.2. The molecule has 0 unspecified atom stereocenters. The molecule has 0 bridgehead atoms. The predicted molar refractivity (Wildman–Crippen MR) is 137 cm³/mol. The quantitative estimate of drug-likeness (QED) is 0.319. The number of methoxy groups -OCH3 is 2. The van der Waals surface area contributed by atoms with Crippen LogP contribution >= 0.6 is 0 Å². The maximum absolute atomic E-state index is 13.2. The van der Waals surface area contributed by atoms with Crippen LogP contribution in [0.2, 0.25) is 0 Å². The van der Waals surface area contributed by atoms with Crippen LogP contribution in [0, 0.1) is 0 Å². The molecule has 0 aliphatic rings. The lowest BCUT2D eigenvalue weighted by Gasteiger charge is -2.12. The fourth-order valence-corrected chi connectivity index (χ4v) is 4.08. The third kappa shape index (κ3) is 5.33. The van der Waals surface area contributed by atoms with E-state index in [9.17, 15) is 9.59 Å². The minimum atomic E-state index is -0.178. The van der Waals surface area contributed by atoms with Crippen molar-refractivity contribution in [3.63, 3.8) is 0 Å². The van der Waals surface area contributed by atoms with E-state index in [1.807, 2.05) is 36.4 Å². The van der Waals surface area contributed by atoms with Crippen LogP contribution in [0.15, 0.2) is 47.3 Å². The highest BCUT2D eigenvalue weighted by molar-refractivity contribution is 5.91. The van der Waals surface area contributed by atoms with Gasteiger partial charge in [-0.1, -0.05) is 12.1 Å². The van der Waals surface area contributed by atoms with E-state index in [4.69, 9.17) is 14.2 Å². The summed E-state index contributed by atoms with van der Waals surface area (Å²) in [6, 6.07) is 12.6. The van der Waals surface area contributed by atoms with Crippen molar-refractivity contribution in [3.8, 4) is 11.5 Å². The summed E-state index contributed by atoms with van der Waals surface area (Å²) >= 11 is 0. The van der Waals surface area contributed by atoms with Crippen molar-refractivity contribution in [3.05, 3.63) is 58.6 Å². The highest BCUT2D eigenvalue weighted by Gasteiger charge is 2.17. The third-order valence-electron chi connectivity index (χ3n) is 5.80. The number of rotatable bonds is 11. The molecule has 4 aromatic rings. The maximum Gasteiger partial charge on any atom is 0.262 e. The van der Waals surface area contributed by atoms with Gasteiger partial charge in [-0.3, -0.25) is 18.6 Å². The number of ether oxygens (including phenoxy) is 3. The molecule has 1 amide bonds. The van der Waals surface area contributed by atoms with E-state index in [0.29, 0.717) is 65.7 Å². The topological polar surface area (TPSA) is 109 Å². The minimum Gasteiger partial charge on any atom is -0.493 e. The summed E-state index contributed by atoms with van der Waals surface area (Å²) in [7, 11) is 3.10. The molecule has 0 radical (unpaired) electrons. The molecule has 0 aliphatic heterocycles. The van der Waals surface area contributed by atoms with E-state index in [2.05, 4.69) is 15.5 Å². The average molecular weight is 494 g/mol. The van der Waals surface area contributed by atoms with Crippen LogP contribution in [0.25, 0.3) is 16.7 Å². The Balaban J connectivity index is 1.56. The summed E-state index contributed by atoms with van der Waals surface area (Å²) in [6.07, 6.45) is 1.33. The molecule has 2 heterocycles. The molecule has 10 heteroatoms. The molecule has 10 nitrogen and oxygen atoms in total. The number of aryl methyl sites for hydroxylation is 2. The number of nitrogens with one attached hydrogen (secondary N) is 1. The second-order valence-corrected chi connectivity index (χ2v) is 8.62. The number of carbonyl (C=O) groups is 1. The number of aromatic nitrogens is 4. The number of anilines is 1. The zero-order chi connectivity index (χ0) is 25.7. The van der Waals surface area contributed by atoms with Gasteiger partial charge in [-0.05, 0) is 44.5 Å². The van der Waals surface area contributed by atoms with E-state index in [-0.39, 0.29) is 24.0 Å². The van der Waals surface area contributed by atoms with Crippen LogP contribution in [0.4, 0.5) is 5.69 Å². The summed E-state index contributed by atoms with van der Waals surface area (Å²) in [6.45, 7) is 4.96. The van der Waals surface area contributed by atoms with Crippen molar-refractivity contribution >= 4 is 28.3 Å². The highest BCUT2D eigenvalue weighted by atomic mass is 16.5. The lowest BCUT2D eigenvalue weighted by Crippen LogP contribution is -2.24. The SMILES string of the molecule is COc1ccc(NC(=O)CCc2nnc3n(CCCOC(C)C)c(=O)c4ccccc4n23)cc1OC. The molecule has 190 valence electrons. The van der Waals surface area contributed by atoms with Gasteiger partial charge in [-0.2, -0.15) is 0 Å². The van der Waals surface area contributed by atoms with Crippen molar-refractivity contribution in [2.24, 2.45) is 0 Å². The highest BCUT2D eigenvalue weighted by Crippen LogP contribution is 2.29. The van der Waals surface area contributed by atoms with Gasteiger partial charge < -0.3 is 19.5 Å². The van der Waals surface area contributed by atoms with Gasteiger partial charge >= 0.3 is 0 Å². The van der Waals surface area contributed by atoms with Crippen molar-refractivity contribution < 1.29 is 19.0 Å². The molecule has 0 saturated carbocycles. The summed E-state index contributed by atoms with van der Waals surface area (Å²) < 4.78 is 19.7. The first-order chi connectivity index (χ1) is 17.4. The monoisotopic (exact) mass is 493 g/mol. The molecule has 0 atom stereocenters. The number of fused-ring (bicyclic) bond motifs is 3. The number of hydrogen-bond acceptors (Lipinski definition) is 7. The van der Waals surface area contributed by atoms with Gasteiger partial charge in [-0.25, -0.2) is 0 Å². The van der Waals surface area contributed by atoms with Crippen molar-refractivity contribution in [2.45, 2.75) is 45.8 Å². The molecule has 2 aromatic heterocycles. The van der Waals surface area contributed by atoms with E-state index < -0.39 is 0 Å². The molecule has 4 rings (SSSR count). The van der Waals surface area contributed by atoms with Crippen LogP contribution in [-0.4, -0.2) is 52.0 Å². The second-order valence-electron chi connectivity index (χ2n) is 8.62. The fraction of sp³-hybridized carbons (Fsp3) is 0.385. The lowest BCUT2D eigenvalue weighted by atomic mass is 10.2. The first kappa shape index (κ1) is 25.2. The average Bonchev–Trinajstić information content (AvgIpc) is 3.30. The lowest BCUT2D eigenvalue weighted by molar-refractivity contribution is -0.116. The van der Waals surface area contributed by atoms with Gasteiger partial charge in [0.05, 0.1) is 31.2 Å². The molecule has 0 aliphatic carbocycles. The van der Waals surface area contributed by atoms with Gasteiger partial charge in [0.15, 0.2) is 11.5 Å². The van der Waals surface area contributed by atoms with Crippen LogP contribution < -0.4 is 20.3 Å². The molecule has 0 fully saturated rings. The number of para-hydroxylation sites is 1. The summed E-state index contributed by atoms with van der Waals surface area (Å²) in [5.74, 6) is 2.00. The van der Waals surface area contributed by atoms with Crippen molar-refractivity contribution in [1.82, 2.24) is 19.2 Å². The number of benzene rings is 2. The summed E-state index contributed by atoms with van der Waals surface area (Å²) in [4.78, 5) is 25.9. The number of nitrogens with zero attached hydrogens (tertiary/aromatic N) is 4. The molecular formula is C26H31N5O5. The molecular weight excluding hydrogens is 462 g/mol. The van der Waals surface area contributed by atoms with E-state index in [0.717, 1.165) is 0 Å². The Hall–Kier alpha value is -3.92. The number of amides is 1. The Labute approximate surface area is 208 Å².